The van der Waals surface area contributed by atoms with Crippen LogP contribution in [-0.2, 0) is 0 Å². The Kier molecular flexibility index (Phi) is 7.53. The molecule has 0 saturated heterocycles. The fourth-order valence-corrected chi connectivity index (χ4v) is 3.60. The van der Waals surface area contributed by atoms with Crippen molar-refractivity contribution < 1.29 is 18.7 Å². The predicted molar refractivity (Wildman–Crippen MR) is 141 cm³/mol. The summed E-state index contributed by atoms with van der Waals surface area (Å²) in [5.74, 6) is 0.643. The molecule has 10 nitrogen and oxygen atoms in total. The molecule has 0 radical (unpaired) electrons. The van der Waals surface area contributed by atoms with Crippen LogP contribution in [0.25, 0.3) is 0 Å². The Hall–Kier alpha value is -5.06. The highest BCUT2D eigenvalue weighted by Crippen LogP contribution is 2.28. The maximum Gasteiger partial charge on any atom is 0.256 e. The van der Waals surface area contributed by atoms with E-state index in [1.807, 2.05) is 6.07 Å². The lowest BCUT2D eigenvalue weighted by Gasteiger charge is -2.14. The van der Waals surface area contributed by atoms with Crippen molar-refractivity contribution in [3.05, 3.63) is 83.7 Å². The van der Waals surface area contributed by atoms with Crippen molar-refractivity contribution in [2.24, 2.45) is 9.98 Å². The second kappa shape index (κ2) is 11.1. The first kappa shape index (κ1) is 25.0. The van der Waals surface area contributed by atoms with E-state index in [0.717, 1.165) is 0 Å². The number of nitrogens with zero attached hydrogens (tertiary/aromatic N) is 4. The summed E-state index contributed by atoms with van der Waals surface area (Å²) in [6.07, 6.45) is 3.11. The van der Waals surface area contributed by atoms with Crippen LogP contribution in [0.1, 0.15) is 21.6 Å². The molecule has 0 aliphatic rings. The number of anilines is 3. The number of hydrogen-bond acceptors (Lipinski definition) is 8. The molecule has 0 saturated carbocycles. The fourth-order valence-electron chi connectivity index (χ4n) is 3.60. The summed E-state index contributed by atoms with van der Waals surface area (Å²) in [7, 11) is 4.59. The molecule has 4 aromatic rings. The molecule has 2 aromatic heterocycles. The number of H-pyrrole nitrogens is 1. The van der Waals surface area contributed by atoms with E-state index in [2.05, 4.69) is 42.3 Å². The molecule has 3 N–H and O–H groups in total. The zero-order chi connectivity index (χ0) is 26.4. The Morgan fingerprint density at radius 3 is 2.51 bits per heavy atom. The molecule has 0 unspecified atom stereocenters. The van der Waals surface area contributed by atoms with Crippen molar-refractivity contribution in [1.29, 1.82) is 0 Å². The average molecular weight is 502 g/mol. The number of aromatic nitrogens is 3. The molecule has 0 fully saturated rings. The lowest BCUT2D eigenvalue weighted by atomic mass is 10.1. The van der Waals surface area contributed by atoms with Crippen molar-refractivity contribution in [3.8, 4) is 11.5 Å². The minimum absolute atomic E-state index is 0.0240. The van der Waals surface area contributed by atoms with E-state index >= 15 is 0 Å². The van der Waals surface area contributed by atoms with Gasteiger partial charge in [0.1, 0.15) is 28.8 Å². The van der Waals surface area contributed by atoms with Crippen molar-refractivity contribution >= 4 is 41.3 Å². The lowest BCUT2D eigenvalue weighted by molar-refractivity contribution is 0.102. The minimum atomic E-state index is -0.607. The largest absolute Gasteiger partial charge is 0.497 e. The number of halogens is 1. The van der Waals surface area contributed by atoms with E-state index in [4.69, 9.17) is 9.47 Å². The van der Waals surface area contributed by atoms with Gasteiger partial charge in [-0.05, 0) is 49.2 Å². The highest BCUT2D eigenvalue weighted by Gasteiger charge is 2.18. The van der Waals surface area contributed by atoms with E-state index in [1.54, 1.807) is 25.4 Å². The average Bonchev–Trinajstić information content (AvgIpc) is 3.40. The number of carbonyl (C=O) groups excluding carboxylic acids is 1. The molecule has 11 heteroatoms. The molecular weight excluding hydrogens is 477 g/mol. The molecule has 1 amide bonds. The third-order valence-electron chi connectivity index (χ3n) is 5.38. The topological polar surface area (TPSA) is 126 Å². The van der Waals surface area contributed by atoms with Crippen molar-refractivity contribution in [3.63, 3.8) is 0 Å². The van der Waals surface area contributed by atoms with E-state index in [1.165, 1.54) is 50.9 Å². The summed E-state index contributed by atoms with van der Waals surface area (Å²) in [5, 5.41) is 5.77. The second-order valence-electron chi connectivity index (χ2n) is 7.60. The number of amides is 1. The number of pyridine rings is 1. The predicted octanol–water partition coefficient (Wildman–Crippen LogP) is 4.76. The smallest absolute Gasteiger partial charge is 0.256 e. The molecule has 0 atom stereocenters. The van der Waals surface area contributed by atoms with Crippen LogP contribution in [0, 0.1) is 5.82 Å². The van der Waals surface area contributed by atoms with Gasteiger partial charge in [-0.2, -0.15) is 0 Å². The number of ether oxygens (including phenoxy) is 2. The zero-order valence-electron chi connectivity index (χ0n) is 20.4. The van der Waals surface area contributed by atoms with Gasteiger partial charge in [-0.25, -0.2) is 19.4 Å². The SMILES string of the molecule is C=Nc1[nH]cnc1/C(=N\C)c1cccnc1Nc1ccc(F)c(NC(=O)c2cc(OC)cc(OC)c2)c1. The molecule has 0 bridgehead atoms. The Labute approximate surface area is 212 Å². The van der Waals surface area contributed by atoms with Crippen LogP contribution in [0.3, 0.4) is 0 Å². The van der Waals surface area contributed by atoms with Crippen LogP contribution >= 0.6 is 0 Å². The second-order valence-corrected chi connectivity index (χ2v) is 7.60. The maximum atomic E-state index is 14.7. The first-order valence-corrected chi connectivity index (χ1v) is 11.0. The molecular formula is C26H24FN7O3. The Morgan fingerprint density at radius 1 is 1.08 bits per heavy atom. The normalized spacial score (nSPS) is 11.1. The van der Waals surface area contributed by atoms with Gasteiger partial charge >= 0.3 is 0 Å². The molecule has 2 aromatic carbocycles. The van der Waals surface area contributed by atoms with E-state index in [0.29, 0.717) is 45.8 Å². The van der Waals surface area contributed by atoms with Gasteiger partial charge in [-0.3, -0.25) is 9.79 Å². The van der Waals surface area contributed by atoms with Crippen LogP contribution in [0.5, 0.6) is 11.5 Å². The number of aliphatic imine (C=N–C) groups is 2. The summed E-state index contributed by atoms with van der Waals surface area (Å²) in [5.41, 5.74) is 2.38. The first-order valence-electron chi connectivity index (χ1n) is 11.0. The molecule has 37 heavy (non-hydrogen) atoms. The lowest BCUT2D eigenvalue weighted by Crippen LogP contribution is -2.14. The number of methoxy groups -OCH3 is 2. The summed E-state index contributed by atoms with van der Waals surface area (Å²) >= 11 is 0. The molecule has 0 aliphatic carbocycles. The maximum absolute atomic E-state index is 14.7. The quantitative estimate of drug-likeness (QED) is 0.284. The zero-order valence-corrected chi connectivity index (χ0v) is 20.4. The summed E-state index contributed by atoms with van der Waals surface area (Å²) in [6.45, 7) is 3.56. The Balaban J connectivity index is 1.62. The number of carbonyl (C=O) groups is 1. The highest BCUT2D eigenvalue weighted by molar-refractivity contribution is 6.16. The number of imidazole rings is 1. The van der Waals surface area contributed by atoms with Gasteiger partial charge in [0.2, 0.25) is 0 Å². The summed E-state index contributed by atoms with van der Waals surface area (Å²) in [6, 6.07) is 12.5. The monoisotopic (exact) mass is 501 g/mol. The van der Waals surface area contributed by atoms with Crippen LogP contribution in [0.4, 0.5) is 27.4 Å². The number of aromatic amines is 1. The van der Waals surface area contributed by atoms with E-state index in [9.17, 15) is 9.18 Å². The molecule has 0 aliphatic heterocycles. The van der Waals surface area contributed by atoms with Gasteiger partial charge in [-0.1, -0.05) is 0 Å². The van der Waals surface area contributed by atoms with Crippen molar-refractivity contribution in [2.45, 2.75) is 0 Å². The number of hydrogen-bond donors (Lipinski definition) is 3. The van der Waals surface area contributed by atoms with E-state index in [-0.39, 0.29) is 11.3 Å². The Morgan fingerprint density at radius 2 is 1.84 bits per heavy atom. The van der Waals surface area contributed by atoms with Gasteiger partial charge in [0.25, 0.3) is 5.91 Å². The van der Waals surface area contributed by atoms with Gasteiger partial charge in [0.05, 0.1) is 31.9 Å². The van der Waals surface area contributed by atoms with Crippen LogP contribution in [0.2, 0.25) is 0 Å². The summed E-state index contributed by atoms with van der Waals surface area (Å²) in [4.78, 5) is 32.8. The summed E-state index contributed by atoms with van der Waals surface area (Å²) < 4.78 is 25.1. The standard InChI is InChI=1S/C26H24FN7O3/c1-28-22(23-25(29-2)32-14-31-23)19-6-5-9-30-24(19)33-16-7-8-20(27)21(12-16)34-26(35)15-10-17(36-3)13-18(11-15)37-4/h5-14H,2H2,1,3-4H3,(H,30,33)(H,31,32)(H,34,35)/b28-22-. The first-order chi connectivity index (χ1) is 18.0. The van der Waals surface area contributed by atoms with Crippen LogP contribution in [0.15, 0.2) is 71.0 Å². The molecule has 0 spiro atoms. The minimum Gasteiger partial charge on any atom is -0.497 e. The third-order valence-corrected chi connectivity index (χ3v) is 5.38. The number of benzene rings is 2. The number of nitrogens with one attached hydrogen (secondary N) is 3. The fraction of sp³-hybridized carbons (Fsp3) is 0.115. The van der Waals surface area contributed by atoms with Crippen LogP contribution in [-0.4, -0.2) is 54.6 Å². The molecule has 2 heterocycles. The third kappa shape index (κ3) is 5.45. The van der Waals surface area contributed by atoms with Crippen LogP contribution < -0.4 is 20.1 Å². The van der Waals surface area contributed by atoms with Crippen molar-refractivity contribution in [2.75, 3.05) is 31.9 Å². The molecule has 188 valence electrons. The van der Waals surface area contributed by atoms with E-state index < -0.39 is 11.7 Å². The van der Waals surface area contributed by atoms with Gasteiger partial charge in [0, 0.05) is 36.1 Å². The number of rotatable bonds is 9. The van der Waals surface area contributed by atoms with Gasteiger partial charge in [0.15, 0.2) is 5.82 Å². The van der Waals surface area contributed by atoms with Crippen molar-refractivity contribution in [1.82, 2.24) is 15.0 Å². The molecule has 4 rings (SSSR count). The van der Waals surface area contributed by atoms with Gasteiger partial charge < -0.3 is 25.1 Å². The van der Waals surface area contributed by atoms with Gasteiger partial charge in [-0.15, -0.1) is 0 Å². The Bertz CT molecular complexity index is 1460. The highest BCUT2D eigenvalue weighted by atomic mass is 19.1.